The molecular formula is C30H36N2O3. The van der Waals surface area contributed by atoms with Gasteiger partial charge in [-0.15, -0.1) is 0 Å². The molecule has 0 aromatic heterocycles. The van der Waals surface area contributed by atoms with Crippen LogP contribution in [-0.4, -0.2) is 57.4 Å². The van der Waals surface area contributed by atoms with Crippen molar-refractivity contribution in [3.05, 3.63) is 59.7 Å². The number of benzene rings is 1. The molecule has 5 nitrogen and oxygen atoms in total. The summed E-state index contributed by atoms with van der Waals surface area (Å²) in [4.78, 5) is 13.5. The SMILES string of the molecule is C[C@H](c1ccc(C=O)cc1)[C@H]1[C@@H]2C=C[C@@H]3N1[C@]3(O)[C@H]2[C@H]1C[C@@H]2C=C[C@@H]3CCC[C@@]34[C@@H](O)C[C@@H]2[C@@H]4N1. The van der Waals surface area contributed by atoms with E-state index >= 15 is 0 Å². The third-order valence-corrected chi connectivity index (χ3v) is 11.8. The van der Waals surface area contributed by atoms with Crippen LogP contribution in [0.5, 0.6) is 0 Å². The molecule has 0 radical (unpaired) electrons. The van der Waals surface area contributed by atoms with Gasteiger partial charge in [-0.25, -0.2) is 0 Å². The van der Waals surface area contributed by atoms with Crippen molar-refractivity contribution in [2.24, 2.45) is 35.0 Å². The summed E-state index contributed by atoms with van der Waals surface area (Å²) in [5.41, 5.74) is 1.17. The van der Waals surface area contributed by atoms with Gasteiger partial charge in [-0.3, -0.25) is 9.69 Å². The summed E-state index contributed by atoms with van der Waals surface area (Å²) in [6.45, 7) is 2.28. The Morgan fingerprint density at radius 3 is 2.77 bits per heavy atom. The largest absolute Gasteiger partial charge is 0.392 e. The Kier molecular flexibility index (Phi) is 4.23. The number of aliphatic hydroxyl groups is 2. The summed E-state index contributed by atoms with van der Waals surface area (Å²) in [5.74, 6) is 2.25. The maximum absolute atomic E-state index is 12.1. The van der Waals surface area contributed by atoms with Crippen LogP contribution in [-0.2, 0) is 0 Å². The van der Waals surface area contributed by atoms with Gasteiger partial charge in [0.2, 0.25) is 0 Å². The van der Waals surface area contributed by atoms with E-state index in [2.05, 4.69) is 53.6 Å². The summed E-state index contributed by atoms with van der Waals surface area (Å²) in [6, 6.07) is 8.97. The van der Waals surface area contributed by atoms with Crippen LogP contribution < -0.4 is 5.32 Å². The molecular weight excluding hydrogens is 436 g/mol. The van der Waals surface area contributed by atoms with E-state index < -0.39 is 5.72 Å². The van der Waals surface area contributed by atoms with E-state index in [1.807, 2.05) is 12.1 Å². The molecule has 8 aliphatic rings. The third kappa shape index (κ3) is 2.46. The topological polar surface area (TPSA) is 72.6 Å². The molecule has 35 heavy (non-hydrogen) atoms. The van der Waals surface area contributed by atoms with E-state index in [0.29, 0.717) is 35.3 Å². The zero-order chi connectivity index (χ0) is 23.7. The maximum Gasteiger partial charge on any atom is 0.150 e. The van der Waals surface area contributed by atoms with Gasteiger partial charge in [-0.2, -0.15) is 0 Å². The van der Waals surface area contributed by atoms with E-state index in [9.17, 15) is 15.0 Å². The first-order chi connectivity index (χ1) is 17.0. The maximum atomic E-state index is 12.1. The van der Waals surface area contributed by atoms with Crippen molar-refractivity contribution in [2.45, 2.75) is 80.9 Å². The first kappa shape index (κ1) is 21.3. The molecule has 4 aliphatic carbocycles. The molecule has 3 N–H and O–H groups in total. The van der Waals surface area contributed by atoms with Gasteiger partial charge >= 0.3 is 0 Å². The van der Waals surface area contributed by atoms with Gasteiger partial charge in [-0.1, -0.05) is 61.9 Å². The molecule has 5 heteroatoms. The van der Waals surface area contributed by atoms with Crippen LogP contribution in [0.4, 0.5) is 0 Å². The second kappa shape index (κ2) is 6.95. The summed E-state index contributed by atoms with van der Waals surface area (Å²) in [5, 5.41) is 27.5. The Morgan fingerprint density at radius 1 is 1.14 bits per heavy atom. The van der Waals surface area contributed by atoms with Crippen molar-refractivity contribution < 1.29 is 15.0 Å². The van der Waals surface area contributed by atoms with Gasteiger partial charge < -0.3 is 15.5 Å². The molecule has 2 saturated carbocycles. The van der Waals surface area contributed by atoms with E-state index in [-0.39, 0.29) is 41.5 Å². The van der Waals surface area contributed by atoms with Gasteiger partial charge in [0, 0.05) is 40.9 Å². The molecule has 3 saturated heterocycles. The summed E-state index contributed by atoms with van der Waals surface area (Å²) in [7, 11) is 0. The molecule has 1 spiro atoms. The third-order valence-electron chi connectivity index (χ3n) is 11.8. The molecule has 0 amide bonds. The van der Waals surface area contributed by atoms with Gasteiger partial charge in [0.25, 0.3) is 0 Å². The fourth-order valence-electron chi connectivity index (χ4n) is 10.3. The molecule has 5 fully saturated rings. The fraction of sp³-hybridized carbons (Fsp3) is 0.633. The van der Waals surface area contributed by atoms with Crippen LogP contribution in [0, 0.1) is 35.0 Å². The number of allylic oxidation sites excluding steroid dienone is 2. The van der Waals surface area contributed by atoms with Crippen molar-refractivity contribution >= 4 is 6.29 Å². The van der Waals surface area contributed by atoms with Crippen molar-refractivity contribution in [1.82, 2.24) is 10.2 Å². The number of aldehydes is 1. The second-order valence-corrected chi connectivity index (χ2v) is 12.7. The van der Waals surface area contributed by atoms with Crippen LogP contribution in [0.2, 0.25) is 0 Å². The lowest BCUT2D eigenvalue weighted by Gasteiger charge is -2.48. The minimum Gasteiger partial charge on any atom is -0.392 e. The molecule has 1 aromatic carbocycles. The number of hydrogen-bond donors (Lipinski definition) is 3. The zero-order valence-corrected chi connectivity index (χ0v) is 20.3. The first-order valence-electron chi connectivity index (χ1n) is 13.8. The molecule has 184 valence electrons. The van der Waals surface area contributed by atoms with Crippen molar-refractivity contribution in [2.75, 3.05) is 0 Å². The number of rotatable bonds is 4. The summed E-state index contributed by atoms with van der Waals surface area (Å²) in [6.07, 6.45) is 15.8. The number of nitrogens with zero attached hydrogens (tertiary/aromatic N) is 1. The summed E-state index contributed by atoms with van der Waals surface area (Å²) < 4.78 is 0. The van der Waals surface area contributed by atoms with Crippen LogP contribution in [0.15, 0.2) is 48.6 Å². The summed E-state index contributed by atoms with van der Waals surface area (Å²) >= 11 is 0. The van der Waals surface area contributed by atoms with E-state index in [0.717, 1.165) is 25.5 Å². The van der Waals surface area contributed by atoms with Gasteiger partial charge in [0.05, 0.1) is 12.1 Å². The predicted octanol–water partition coefficient (Wildman–Crippen LogP) is 3.24. The van der Waals surface area contributed by atoms with Crippen LogP contribution in [0.25, 0.3) is 0 Å². The highest BCUT2D eigenvalue weighted by Crippen LogP contribution is 2.67. The normalized spacial score (nSPS) is 54.9. The number of piperidine rings is 2. The Bertz CT molecular complexity index is 1130. The van der Waals surface area contributed by atoms with Gasteiger partial charge in [0.1, 0.15) is 12.0 Å². The Balaban J connectivity index is 1.13. The van der Waals surface area contributed by atoms with E-state index in [4.69, 9.17) is 0 Å². The Hall–Kier alpha value is -1.79. The number of nitrogens with one attached hydrogen (secondary N) is 1. The molecule has 9 rings (SSSR count). The van der Waals surface area contributed by atoms with Gasteiger partial charge in [0.15, 0.2) is 0 Å². The van der Waals surface area contributed by atoms with Crippen LogP contribution in [0.3, 0.4) is 0 Å². The molecule has 4 aliphatic heterocycles. The minimum absolute atomic E-state index is 0.0130. The lowest BCUT2D eigenvalue weighted by molar-refractivity contribution is -0.0126. The van der Waals surface area contributed by atoms with Crippen LogP contribution in [0.1, 0.15) is 60.9 Å². The fourth-order valence-corrected chi connectivity index (χ4v) is 10.3. The average Bonchev–Trinajstić information content (AvgIpc) is 3.13. The highest BCUT2D eigenvalue weighted by molar-refractivity contribution is 5.74. The molecule has 1 unspecified atom stereocenters. The van der Waals surface area contributed by atoms with Crippen molar-refractivity contribution in [1.29, 1.82) is 0 Å². The highest BCUT2D eigenvalue weighted by atomic mass is 16.3. The minimum atomic E-state index is -0.757. The van der Waals surface area contributed by atoms with E-state index in [1.54, 1.807) is 0 Å². The Morgan fingerprint density at radius 2 is 1.97 bits per heavy atom. The number of carbonyl (C=O) groups is 1. The zero-order valence-electron chi connectivity index (χ0n) is 20.3. The quantitative estimate of drug-likeness (QED) is 0.357. The predicted molar refractivity (Wildman–Crippen MR) is 133 cm³/mol. The molecule has 4 heterocycles. The Labute approximate surface area is 207 Å². The van der Waals surface area contributed by atoms with Crippen molar-refractivity contribution in [3.63, 3.8) is 0 Å². The number of carbonyl (C=O) groups excluding carboxylic acids is 1. The monoisotopic (exact) mass is 472 g/mol. The molecule has 8 bridgehead atoms. The lowest BCUT2D eigenvalue weighted by Crippen LogP contribution is -2.61. The average molecular weight is 473 g/mol. The molecule has 14 atom stereocenters. The van der Waals surface area contributed by atoms with Crippen LogP contribution >= 0.6 is 0 Å². The van der Waals surface area contributed by atoms with Gasteiger partial charge in [-0.05, 0) is 54.9 Å². The smallest absolute Gasteiger partial charge is 0.150 e. The standard InChI is InChI=1S/C30H36N2O3/c1-16(18-6-4-17(15-33)5-7-18)27-21-10-11-24-30(35,32(24)27)26(21)23-13-19-8-9-20-3-2-12-29(20)25(34)14-22(19)28(29)31-23/h4-11,15-16,19-28,31,34-35H,2-3,12-14H2,1H3/t16-,19+,20+,21-,22+,23-,24+,25+,26-,27+,28+,29+,30-,32?/m1/s1. The van der Waals surface area contributed by atoms with Crippen molar-refractivity contribution in [3.8, 4) is 0 Å². The first-order valence-corrected chi connectivity index (χ1v) is 13.8. The molecule has 1 aromatic rings. The number of aliphatic hydroxyl groups excluding tert-OH is 1. The number of hydrogen-bond acceptors (Lipinski definition) is 5. The second-order valence-electron chi connectivity index (χ2n) is 12.7. The lowest BCUT2D eigenvalue weighted by atomic mass is 9.65. The van der Waals surface area contributed by atoms with E-state index in [1.165, 1.54) is 18.4 Å². The highest BCUT2D eigenvalue weighted by Gasteiger charge is 2.79.